The smallest absolute Gasteiger partial charge is 0.0558 e. The summed E-state index contributed by atoms with van der Waals surface area (Å²) in [6, 6.07) is 4.32. The van der Waals surface area contributed by atoms with E-state index in [4.69, 9.17) is 11.6 Å². The number of nitrogens with zero attached hydrogens (tertiary/aromatic N) is 2. The van der Waals surface area contributed by atoms with Gasteiger partial charge in [-0.3, -0.25) is 9.88 Å². The van der Waals surface area contributed by atoms with E-state index in [0.29, 0.717) is 6.04 Å². The Morgan fingerprint density at radius 3 is 3.27 bits per heavy atom. The standard InChI is InChI=1S/C11H16ClN3/c1-9-7-15(5-4-13-9)8-11-6-10(12)2-3-14-11/h2-3,6,9,13H,4-5,7-8H2,1H3/t9-/m0/s1. The maximum atomic E-state index is 5.92. The molecular weight excluding hydrogens is 210 g/mol. The van der Waals surface area contributed by atoms with Crippen molar-refractivity contribution in [2.75, 3.05) is 19.6 Å². The molecule has 0 radical (unpaired) electrons. The van der Waals surface area contributed by atoms with E-state index in [1.54, 1.807) is 6.20 Å². The summed E-state index contributed by atoms with van der Waals surface area (Å²) in [4.78, 5) is 6.71. The first-order chi connectivity index (χ1) is 7.24. The molecule has 0 amide bonds. The maximum absolute atomic E-state index is 5.92. The third-order valence-corrected chi connectivity index (χ3v) is 2.85. The predicted octanol–water partition coefficient (Wildman–Crippen LogP) is 1.53. The molecule has 15 heavy (non-hydrogen) atoms. The highest BCUT2D eigenvalue weighted by Gasteiger charge is 2.15. The lowest BCUT2D eigenvalue weighted by atomic mass is 10.2. The Labute approximate surface area is 95.4 Å². The molecule has 1 aromatic heterocycles. The Morgan fingerprint density at radius 2 is 2.53 bits per heavy atom. The van der Waals surface area contributed by atoms with Gasteiger partial charge in [-0.2, -0.15) is 0 Å². The van der Waals surface area contributed by atoms with Gasteiger partial charge in [-0.1, -0.05) is 11.6 Å². The van der Waals surface area contributed by atoms with Gasteiger partial charge in [0.15, 0.2) is 0 Å². The molecule has 2 heterocycles. The van der Waals surface area contributed by atoms with Crippen LogP contribution in [0.15, 0.2) is 18.3 Å². The fourth-order valence-electron chi connectivity index (χ4n) is 1.92. The van der Waals surface area contributed by atoms with Gasteiger partial charge in [-0.05, 0) is 19.1 Å². The zero-order valence-corrected chi connectivity index (χ0v) is 9.67. The Bertz CT molecular complexity index is 329. The molecule has 1 fully saturated rings. The highest BCUT2D eigenvalue weighted by atomic mass is 35.5. The van der Waals surface area contributed by atoms with Gasteiger partial charge in [-0.25, -0.2) is 0 Å². The van der Waals surface area contributed by atoms with Crippen LogP contribution >= 0.6 is 11.6 Å². The molecule has 0 bridgehead atoms. The molecule has 4 heteroatoms. The molecule has 1 atom stereocenters. The van der Waals surface area contributed by atoms with Crippen molar-refractivity contribution in [1.82, 2.24) is 15.2 Å². The lowest BCUT2D eigenvalue weighted by Gasteiger charge is -2.31. The van der Waals surface area contributed by atoms with Crippen LogP contribution in [0.1, 0.15) is 12.6 Å². The molecule has 1 N–H and O–H groups in total. The zero-order chi connectivity index (χ0) is 10.7. The first-order valence-corrected chi connectivity index (χ1v) is 5.68. The Hall–Kier alpha value is -0.640. The molecule has 0 unspecified atom stereocenters. The molecule has 0 spiro atoms. The average Bonchev–Trinajstić information content (AvgIpc) is 2.17. The normalized spacial score (nSPS) is 22.9. The van der Waals surface area contributed by atoms with E-state index in [-0.39, 0.29) is 0 Å². The molecule has 0 saturated carbocycles. The minimum absolute atomic E-state index is 0.568. The van der Waals surface area contributed by atoms with E-state index < -0.39 is 0 Å². The number of nitrogens with one attached hydrogen (secondary N) is 1. The van der Waals surface area contributed by atoms with Crippen LogP contribution < -0.4 is 5.32 Å². The van der Waals surface area contributed by atoms with Crippen LogP contribution in [0.4, 0.5) is 0 Å². The second-order valence-electron chi connectivity index (χ2n) is 4.06. The highest BCUT2D eigenvalue weighted by Crippen LogP contribution is 2.11. The first-order valence-electron chi connectivity index (χ1n) is 5.30. The van der Waals surface area contributed by atoms with Crippen molar-refractivity contribution in [3.8, 4) is 0 Å². The quantitative estimate of drug-likeness (QED) is 0.828. The van der Waals surface area contributed by atoms with Crippen molar-refractivity contribution in [2.24, 2.45) is 0 Å². The minimum Gasteiger partial charge on any atom is -0.312 e. The number of aromatic nitrogens is 1. The first kappa shape index (κ1) is 10.9. The van der Waals surface area contributed by atoms with Crippen molar-refractivity contribution >= 4 is 11.6 Å². The van der Waals surface area contributed by atoms with Crippen LogP contribution in [0, 0.1) is 0 Å². The number of pyridine rings is 1. The van der Waals surface area contributed by atoms with Gasteiger partial charge in [0.05, 0.1) is 5.69 Å². The summed E-state index contributed by atoms with van der Waals surface area (Å²) in [7, 11) is 0. The van der Waals surface area contributed by atoms with Crippen LogP contribution in [-0.2, 0) is 6.54 Å². The average molecular weight is 226 g/mol. The monoisotopic (exact) mass is 225 g/mol. The summed E-state index contributed by atoms with van der Waals surface area (Å²) >= 11 is 5.92. The van der Waals surface area contributed by atoms with Crippen molar-refractivity contribution in [3.05, 3.63) is 29.0 Å². The van der Waals surface area contributed by atoms with Gasteiger partial charge in [0.2, 0.25) is 0 Å². The van der Waals surface area contributed by atoms with Crippen molar-refractivity contribution in [3.63, 3.8) is 0 Å². The second-order valence-corrected chi connectivity index (χ2v) is 4.49. The summed E-state index contributed by atoms with van der Waals surface area (Å²) in [5.74, 6) is 0. The van der Waals surface area contributed by atoms with Gasteiger partial charge >= 0.3 is 0 Å². The minimum atomic E-state index is 0.568. The molecule has 1 aromatic rings. The van der Waals surface area contributed by atoms with E-state index >= 15 is 0 Å². The number of rotatable bonds is 2. The van der Waals surface area contributed by atoms with Crippen molar-refractivity contribution in [2.45, 2.75) is 19.5 Å². The number of halogens is 1. The molecule has 0 aliphatic carbocycles. The van der Waals surface area contributed by atoms with E-state index in [1.165, 1.54) is 0 Å². The Kier molecular flexibility index (Phi) is 3.57. The molecule has 1 saturated heterocycles. The van der Waals surface area contributed by atoms with Gasteiger partial charge in [0.1, 0.15) is 0 Å². The summed E-state index contributed by atoms with van der Waals surface area (Å²) < 4.78 is 0. The Balaban J connectivity index is 1.96. The predicted molar refractivity (Wildman–Crippen MR) is 62.0 cm³/mol. The molecule has 1 aliphatic heterocycles. The number of hydrogen-bond donors (Lipinski definition) is 1. The van der Waals surface area contributed by atoms with Gasteiger partial charge in [-0.15, -0.1) is 0 Å². The van der Waals surface area contributed by atoms with E-state index in [9.17, 15) is 0 Å². The second kappa shape index (κ2) is 4.92. The van der Waals surface area contributed by atoms with Crippen LogP contribution in [0.3, 0.4) is 0 Å². The van der Waals surface area contributed by atoms with Gasteiger partial charge in [0.25, 0.3) is 0 Å². The molecule has 2 rings (SSSR count). The molecule has 3 nitrogen and oxygen atoms in total. The summed E-state index contributed by atoms with van der Waals surface area (Å²) in [6.45, 7) is 6.32. The number of piperazine rings is 1. The van der Waals surface area contributed by atoms with Gasteiger partial charge in [0, 0.05) is 43.4 Å². The van der Waals surface area contributed by atoms with Crippen molar-refractivity contribution < 1.29 is 0 Å². The summed E-state index contributed by atoms with van der Waals surface area (Å²) in [6.07, 6.45) is 1.77. The Morgan fingerprint density at radius 1 is 1.67 bits per heavy atom. The SMILES string of the molecule is C[C@H]1CN(Cc2cc(Cl)ccn2)CCN1. The lowest BCUT2D eigenvalue weighted by molar-refractivity contribution is 0.197. The van der Waals surface area contributed by atoms with Crippen LogP contribution in [0.5, 0.6) is 0 Å². The third kappa shape index (κ3) is 3.16. The van der Waals surface area contributed by atoms with E-state index in [2.05, 4.69) is 22.1 Å². The fourth-order valence-corrected chi connectivity index (χ4v) is 2.10. The molecular formula is C11H16ClN3. The van der Waals surface area contributed by atoms with E-state index in [1.807, 2.05) is 12.1 Å². The highest BCUT2D eigenvalue weighted by molar-refractivity contribution is 6.30. The topological polar surface area (TPSA) is 28.2 Å². The molecule has 1 aliphatic rings. The summed E-state index contributed by atoms with van der Waals surface area (Å²) in [5, 5.41) is 4.19. The third-order valence-electron chi connectivity index (χ3n) is 2.62. The molecule has 0 aromatic carbocycles. The zero-order valence-electron chi connectivity index (χ0n) is 8.91. The molecule has 82 valence electrons. The van der Waals surface area contributed by atoms with Crippen LogP contribution in [0.2, 0.25) is 5.02 Å². The maximum Gasteiger partial charge on any atom is 0.0558 e. The van der Waals surface area contributed by atoms with Crippen LogP contribution in [-0.4, -0.2) is 35.6 Å². The van der Waals surface area contributed by atoms with Crippen molar-refractivity contribution in [1.29, 1.82) is 0 Å². The lowest BCUT2D eigenvalue weighted by Crippen LogP contribution is -2.48. The van der Waals surface area contributed by atoms with Gasteiger partial charge < -0.3 is 5.32 Å². The fraction of sp³-hybridized carbons (Fsp3) is 0.545. The largest absolute Gasteiger partial charge is 0.312 e. The summed E-state index contributed by atoms with van der Waals surface area (Å²) in [5.41, 5.74) is 1.05. The van der Waals surface area contributed by atoms with E-state index in [0.717, 1.165) is 36.9 Å². The number of hydrogen-bond acceptors (Lipinski definition) is 3. The van der Waals surface area contributed by atoms with Crippen LogP contribution in [0.25, 0.3) is 0 Å².